The molecular formula is C13H16FNO4S. The maximum Gasteiger partial charge on any atom is 0.337 e. The predicted molar refractivity (Wildman–Crippen MR) is 72.6 cm³/mol. The van der Waals surface area contributed by atoms with Crippen molar-refractivity contribution in [2.75, 3.05) is 6.54 Å². The summed E-state index contributed by atoms with van der Waals surface area (Å²) < 4.78 is 39.3. The van der Waals surface area contributed by atoms with Gasteiger partial charge < -0.3 is 5.11 Å². The summed E-state index contributed by atoms with van der Waals surface area (Å²) in [6.45, 7) is 6.76. The summed E-state index contributed by atoms with van der Waals surface area (Å²) in [7, 11) is -4.12. The minimum absolute atomic E-state index is 0.00950. The van der Waals surface area contributed by atoms with Gasteiger partial charge in [-0.2, -0.15) is 4.31 Å². The molecule has 0 radical (unpaired) electrons. The first-order valence-corrected chi connectivity index (χ1v) is 7.31. The fourth-order valence-corrected chi connectivity index (χ4v) is 3.53. The average molecular weight is 301 g/mol. The molecule has 0 spiro atoms. The summed E-state index contributed by atoms with van der Waals surface area (Å²) >= 11 is 0. The minimum atomic E-state index is -4.12. The Hall–Kier alpha value is -1.73. The predicted octanol–water partition coefficient (Wildman–Crippen LogP) is 2.11. The van der Waals surface area contributed by atoms with E-state index < -0.39 is 38.3 Å². The summed E-state index contributed by atoms with van der Waals surface area (Å²) in [4.78, 5) is 10.5. The second kappa shape index (κ2) is 6.15. The molecule has 0 bridgehead atoms. The quantitative estimate of drug-likeness (QED) is 0.817. The van der Waals surface area contributed by atoms with Crippen LogP contribution in [0.1, 0.15) is 24.2 Å². The third-order valence-electron chi connectivity index (χ3n) is 2.65. The lowest BCUT2D eigenvalue weighted by atomic mass is 10.2. The van der Waals surface area contributed by atoms with Gasteiger partial charge in [0.1, 0.15) is 5.82 Å². The van der Waals surface area contributed by atoms with Gasteiger partial charge in [0.05, 0.1) is 10.5 Å². The highest BCUT2D eigenvalue weighted by Gasteiger charge is 2.30. The number of hydrogen-bond acceptors (Lipinski definition) is 3. The highest BCUT2D eigenvalue weighted by molar-refractivity contribution is 7.89. The van der Waals surface area contributed by atoms with E-state index in [-0.39, 0.29) is 6.54 Å². The molecule has 0 saturated heterocycles. The number of carbonyl (C=O) groups is 1. The molecule has 0 unspecified atom stereocenters. The normalized spacial score (nSPS) is 11.8. The molecule has 0 saturated carbocycles. The summed E-state index contributed by atoms with van der Waals surface area (Å²) in [6.07, 6.45) is 1.39. The Morgan fingerprint density at radius 2 is 2.10 bits per heavy atom. The Morgan fingerprint density at radius 3 is 2.55 bits per heavy atom. The van der Waals surface area contributed by atoms with E-state index in [1.165, 1.54) is 6.08 Å². The van der Waals surface area contributed by atoms with Gasteiger partial charge >= 0.3 is 5.97 Å². The maximum absolute atomic E-state index is 13.3. The average Bonchev–Trinajstić information content (AvgIpc) is 2.34. The van der Waals surface area contributed by atoms with Gasteiger partial charge in [-0.15, -0.1) is 6.58 Å². The molecule has 1 rings (SSSR count). The molecule has 20 heavy (non-hydrogen) atoms. The molecule has 1 N–H and O–H groups in total. The van der Waals surface area contributed by atoms with Crippen molar-refractivity contribution in [1.29, 1.82) is 0 Å². The Kier molecular flexibility index (Phi) is 5.02. The van der Waals surface area contributed by atoms with Crippen LogP contribution in [0.15, 0.2) is 35.7 Å². The molecule has 0 atom stereocenters. The second-order valence-electron chi connectivity index (χ2n) is 4.40. The molecule has 1 aromatic carbocycles. The first-order valence-electron chi connectivity index (χ1n) is 5.87. The van der Waals surface area contributed by atoms with Crippen LogP contribution in [-0.4, -0.2) is 36.4 Å². The monoisotopic (exact) mass is 301 g/mol. The number of halogens is 1. The minimum Gasteiger partial charge on any atom is -0.478 e. The van der Waals surface area contributed by atoms with Crippen molar-refractivity contribution < 1.29 is 22.7 Å². The number of rotatable bonds is 6. The van der Waals surface area contributed by atoms with Crippen molar-refractivity contribution in [2.45, 2.75) is 24.8 Å². The molecule has 7 heteroatoms. The van der Waals surface area contributed by atoms with E-state index in [2.05, 4.69) is 6.58 Å². The molecule has 0 aliphatic heterocycles. The van der Waals surface area contributed by atoms with Gasteiger partial charge in [-0.3, -0.25) is 0 Å². The van der Waals surface area contributed by atoms with Crippen LogP contribution in [0, 0.1) is 5.82 Å². The number of carboxylic acids is 1. The highest BCUT2D eigenvalue weighted by Crippen LogP contribution is 2.23. The summed E-state index contributed by atoms with van der Waals surface area (Å²) in [5.41, 5.74) is -0.457. The number of carboxylic acid groups (broad SMARTS) is 1. The Morgan fingerprint density at radius 1 is 1.50 bits per heavy atom. The maximum atomic E-state index is 13.3. The van der Waals surface area contributed by atoms with Crippen LogP contribution in [0.2, 0.25) is 0 Å². The van der Waals surface area contributed by atoms with Gasteiger partial charge in [-0.25, -0.2) is 17.6 Å². The van der Waals surface area contributed by atoms with E-state index in [1.807, 2.05) is 0 Å². The lowest BCUT2D eigenvalue weighted by Gasteiger charge is -2.25. The van der Waals surface area contributed by atoms with Crippen molar-refractivity contribution >= 4 is 16.0 Å². The van der Waals surface area contributed by atoms with Crippen LogP contribution in [0.5, 0.6) is 0 Å². The third kappa shape index (κ3) is 3.23. The van der Waals surface area contributed by atoms with Gasteiger partial charge in [0.25, 0.3) is 0 Å². The number of aromatic carboxylic acids is 1. The van der Waals surface area contributed by atoms with Crippen LogP contribution < -0.4 is 0 Å². The van der Waals surface area contributed by atoms with Crippen molar-refractivity contribution in [1.82, 2.24) is 4.31 Å². The molecule has 0 aliphatic rings. The first-order chi connectivity index (χ1) is 9.21. The van der Waals surface area contributed by atoms with Gasteiger partial charge in [0.15, 0.2) is 0 Å². The number of benzene rings is 1. The van der Waals surface area contributed by atoms with Gasteiger partial charge in [0.2, 0.25) is 10.0 Å². The van der Waals surface area contributed by atoms with Gasteiger partial charge in [-0.1, -0.05) is 6.08 Å². The molecule has 5 nitrogen and oxygen atoms in total. The number of sulfonamides is 1. The molecule has 0 aliphatic carbocycles. The third-order valence-corrected chi connectivity index (χ3v) is 4.73. The van der Waals surface area contributed by atoms with Crippen LogP contribution in [-0.2, 0) is 10.0 Å². The number of nitrogens with zero attached hydrogens (tertiary/aromatic N) is 1. The molecule has 0 heterocycles. The van der Waals surface area contributed by atoms with Crippen molar-refractivity contribution in [3.8, 4) is 0 Å². The lowest BCUT2D eigenvalue weighted by Crippen LogP contribution is -2.37. The zero-order chi connectivity index (χ0) is 15.5. The lowest BCUT2D eigenvalue weighted by molar-refractivity contribution is 0.0692. The molecule has 1 aromatic rings. The van der Waals surface area contributed by atoms with Crippen LogP contribution in [0.25, 0.3) is 0 Å². The summed E-state index contributed by atoms with van der Waals surface area (Å²) in [6, 6.07) is 2.16. The van der Waals surface area contributed by atoms with Crippen LogP contribution >= 0.6 is 0 Å². The summed E-state index contributed by atoms with van der Waals surface area (Å²) in [5.74, 6) is -2.23. The van der Waals surface area contributed by atoms with Crippen molar-refractivity contribution in [3.63, 3.8) is 0 Å². The van der Waals surface area contributed by atoms with Crippen molar-refractivity contribution in [2.24, 2.45) is 0 Å². The van der Waals surface area contributed by atoms with E-state index in [4.69, 9.17) is 5.11 Å². The standard InChI is InChI=1S/C13H16FNO4S/c1-4-7-15(9(2)3)20(18,19)12-8-10(14)5-6-11(12)13(16)17/h4-6,8-9H,1,7H2,2-3H3,(H,16,17). The van der Waals surface area contributed by atoms with Crippen LogP contribution in [0.4, 0.5) is 4.39 Å². The van der Waals surface area contributed by atoms with Gasteiger partial charge in [-0.05, 0) is 32.0 Å². The van der Waals surface area contributed by atoms with Crippen LogP contribution in [0.3, 0.4) is 0 Å². The Labute approximate surface area is 117 Å². The SMILES string of the molecule is C=CCN(C(C)C)S(=O)(=O)c1cc(F)ccc1C(=O)O. The smallest absolute Gasteiger partial charge is 0.337 e. The Balaban J connectivity index is 3.51. The number of hydrogen-bond donors (Lipinski definition) is 1. The fraction of sp³-hybridized carbons (Fsp3) is 0.308. The molecule has 0 aromatic heterocycles. The topological polar surface area (TPSA) is 74.7 Å². The molecule has 0 fully saturated rings. The zero-order valence-electron chi connectivity index (χ0n) is 11.2. The van der Waals surface area contributed by atoms with E-state index >= 15 is 0 Å². The van der Waals surface area contributed by atoms with Crippen molar-refractivity contribution in [3.05, 3.63) is 42.2 Å². The van der Waals surface area contributed by atoms with E-state index in [1.54, 1.807) is 13.8 Å². The zero-order valence-corrected chi connectivity index (χ0v) is 12.0. The van der Waals surface area contributed by atoms with E-state index in [0.717, 1.165) is 22.5 Å². The highest BCUT2D eigenvalue weighted by atomic mass is 32.2. The van der Waals surface area contributed by atoms with Gasteiger partial charge in [0, 0.05) is 12.6 Å². The van der Waals surface area contributed by atoms with E-state index in [9.17, 15) is 17.6 Å². The largest absolute Gasteiger partial charge is 0.478 e. The van der Waals surface area contributed by atoms with E-state index in [0.29, 0.717) is 0 Å². The Bertz CT molecular complexity index is 625. The fourth-order valence-electron chi connectivity index (χ4n) is 1.73. The molecular weight excluding hydrogens is 285 g/mol. The second-order valence-corrected chi connectivity index (χ2v) is 6.26. The first kappa shape index (κ1) is 16.3. The molecule has 110 valence electrons. The molecule has 0 amide bonds. The summed E-state index contributed by atoms with van der Waals surface area (Å²) in [5, 5.41) is 9.04.